The van der Waals surface area contributed by atoms with Crippen LogP contribution in [0.3, 0.4) is 0 Å². The Labute approximate surface area is 149 Å². The summed E-state index contributed by atoms with van der Waals surface area (Å²) in [5.74, 6) is -0.140. The third kappa shape index (κ3) is 19.4. The Kier molecular flexibility index (Phi) is 19.9. The van der Waals surface area contributed by atoms with Gasteiger partial charge < -0.3 is 14.2 Å². The van der Waals surface area contributed by atoms with Gasteiger partial charge in [-0.25, -0.2) is 0 Å². The van der Waals surface area contributed by atoms with Gasteiger partial charge in [0.15, 0.2) is 0 Å². The lowest BCUT2D eigenvalue weighted by atomic mass is 10.1. The van der Waals surface area contributed by atoms with E-state index in [2.05, 4.69) is 6.92 Å². The molecule has 24 heavy (non-hydrogen) atoms. The average molecular weight is 345 g/mol. The quantitative estimate of drug-likeness (QED) is 0.236. The highest BCUT2D eigenvalue weighted by Gasteiger charge is 2.00. The molecule has 144 valence electrons. The Morgan fingerprint density at radius 1 is 0.625 bits per heavy atom. The maximum Gasteiger partial charge on any atom is 0.305 e. The minimum absolute atomic E-state index is 0.140. The van der Waals surface area contributed by atoms with Gasteiger partial charge in [0.2, 0.25) is 0 Å². The molecule has 0 bridgehead atoms. The van der Waals surface area contributed by atoms with Crippen molar-refractivity contribution >= 4 is 5.97 Å². The summed E-state index contributed by atoms with van der Waals surface area (Å²) in [6.45, 7) is 7.23. The number of hydrogen-bond donors (Lipinski definition) is 0. The van der Waals surface area contributed by atoms with Crippen LogP contribution in [-0.4, -0.2) is 39.0 Å². The fourth-order valence-corrected chi connectivity index (χ4v) is 2.57. The van der Waals surface area contributed by atoms with E-state index in [0.717, 1.165) is 19.4 Å². The molecular formula is C20H40O4. The Bertz CT molecular complexity index is 256. The highest BCUT2D eigenvalue weighted by molar-refractivity contribution is 5.69. The molecule has 0 amide bonds. The molecule has 0 aliphatic heterocycles. The van der Waals surface area contributed by atoms with Crippen molar-refractivity contribution in [1.82, 2.24) is 0 Å². The highest BCUT2D eigenvalue weighted by Crippen LogP contribution is 2.10. The molecule has 0 heterocycles. The molecule has 0 rings (SSSR count). The number of esters is 1. The van der Waals surface area contributed by atoms with Gasteiger partial charge in [-0.3, -0.25) is 4.79 Å². The first-order valence-electron chi connectivity index (χ1n) is 10.1. The zero-order valence-corrected chi connectivity index (χ0v) is 16.2. The second-order valence-corrected chi connectivity index (χ2v) is 6.32. The monoisotopic (exact) mass is 344 g/mol. The third-order valence-electron chi connectivity index (χ3n) is 3.99. The lowest BCUT2D eigenvalue weighted by molar-refractivity contribution is -0.143. The molecule has 0 aromatic heterocycles. The smallest absolute Gasteiger partial charge is 0.305 e. The summed E-state index contributed by atoms with van der Waals surface area (Å²) in [6.07, 6.45) is 14.6. The van der Waals surface area contributed by atoms with Crippen LogP contribution in [0.2, 0.25) is 0 Å². The number of carbonyl (C=O) groups excluding carboxylic acids is 1. The number of hydrogen-bond acceptors (Lipinski definition) is 4. The summed E-state index contributed by atoms with van der Waals surface area (Å²) in [7, 11) is 0. The summed E-state index contributed by atoms with van der Waals surface area (Å²) >= 11 is 0. The standard InChI is InChI=1S/C20H40O4/c1-3-5-6-7-8-9-10-11-12-13-16-22-18-19-23-17-14-15-20(21)24-4-2/h3-19H2,1-2H3. The summed E-state index contributed by atoms with van der Waals surface area (Å²) < 4.78 is 15.8. The molecule has 0 fully saturated rings. The SMILES string of the molecule is CCCCCCCCCCCCOCCOCCCC(=O)OCC. The first-order chi connectivity index (χ1) is 11.8. The van der Waals surface area contributed by atoms with E-state index in [-0.39, 0.29) is 5.97 Å². The van der Waals surface area contributed by atoms with Crippen LogP contribution < -0.4 is 0 Å². The summed E-state index contributed by atoms with van der Waals surface area (Å²) in [5.41, 5.74) is 0. The predicted molar refractivity (Wildman–Crippen MR) is 99.3 cm³/mol. The summed E-state index contributed by atoms with van der Waals surface area (Å²) in [5, 5.41) is 0. The Morgan fingerprint density at radius 3 is 1.67 bits per heavy atom. The lowest BCUT2D eigenvalue weighted by Gasteiger charge is -2.06. The number of ether oxygens (including phenoxy) is 3. The molecule has 0 unspecified atom stereocenters. The number of unbranched alkanes of at least 4 members (excludes halogenated alkanes) is 9. The van der Waals surface area contributed by atoms with Gasteiger partial charge in [0.05, 0.1) is 19.8 Å². The van der Waals surface area contributed by atoms with Crippen LogP contribution in [0.4, 0.5) is 0 Å². The molecule has 0 radical (unpaired) electrons. The van der Waals surface area contributed by atoms with E-state index < -0.39 is 0 Å². The summed E-state index contributed by atoms with van der Waals surface area (Å²) in [4.78, 5) is 11.1. The minimum Gasteiger partial charge on any atom is -0.466 e. The normalized spacial score (nSPS) is 10.9. The van der Waals surface area contributed by atoms with E-state index in [9.17, 15) is 4.79 Å². The first-order valence-corrected chi connectivity index (χ1v) is 10.1. The van der Waals surface area contributed by atoms with Gasteiger partial charge in [-0.15, -0.1) is 0 Å². The van der Waals surface area contributed by atoms with Crippen LogP contribution in [0.25, 0.3) is 0 Å². The fraction of sp³-hybridized carbons (Fsp3) is 0.950. The van der Waals surface area contributed by atoms with Gasteiger partial charge in [0, 0.05) is 19.6 Å². The molecule has 0 atom stereocenters. The van der Waals surface area contributed by atoms with Crippen LogP contribution in [0.5, 0.6) is 0 Å². The second-order valence-electron chi connectivity index (χ2n) is 6.32. The van der Waals surface area contributed by atoms with Crippen molar-refractivity contribution in [3.05, 3.63) is 0 Å². The predicted octanol–water partition coefficient (Wildman–Crippen LogP) is 5.28. The van der Waals surface area contributed by atoms with Gasteiger partial charge in [-0.1, -0.05) is 64.7 Å². The van der Waals surface area contributed by atoms with Crippen LogP contribution in [0, 0.1) is 0 Å². The van der Waals surface area contributed by atoms with Crippen LogP contribution in [0.15, 0.2) is 0 Å². The van der Waals surface area contributed by atoms with Gasteiger partial charge >= 0.3 is 5.97 Å². The molecule has 0 aromatic rings. The van der Waals surface area contributed by atoms with Gasteiger partial charge in [0.25, 0.3) is 0 Å². The lowest BCUT2D eigenvalue weighted by Crippen LogP contribution is -2.08. The van der Waals surface area contributed by atoms with Crippen LogP contribution >= 0.6 is 0 Å². The molecule has 0 saturated heterocycles. The molecule has 0 saturated carbocycles. The fourth-order valence-electron chi connectivity index (χ4n) is 2.57. The molecule has 0 N–H and O–H groups in total. The van der Waals surface area contributed by atoms with E-state index in [4.69, 9.17) is 14.2 Å². The number of rotatable bonds is 19. The van der Waals surface area contributed by atoms with Crippen molar-refractivity contribution in [3.8, 4) is 0 Å². The zero-order valence-electron chi connectivity index (χ0n) is 16.2. The van der Waals surface area contributed by atoms with Crippen LogP contribution in [-0.2, 0) is 19.0 Å². The maximum absolute atomic E-state index is 11.1. The molecule has 0 aliphatic carbocycles. The molecule has 0 spiro atoms. The number of carbonyl (C=O) groups is 1. The van der Waals surface area contributed by atoms with Crippen molar-refractivity contribution in [2.45, 2.75) is 90.9 Å². The second kappa shape index (κ2) is 20.4. The van der Waals surface area contributed by atoms with Gasteiger partial charge in [-0.05, 0) is 19.8 Å². The van der Waals surface area contributed by atoms with E-state index in [0.29, 0.717) is 32.8 Å². The van der Waals surface area contributed by atoms with Crippen molar-refractivity contribution in [2.75, 3.05) is 33.0 Å². The van der Waals surface area contributed by atoms with Crippen molar-refractivity contribution < 1.29 is 19.0 Å². The molecule has 0 aromatic carbocycles. The van der Waals surface area contributed by atoms with Crippen molar-refractivity contribution in [1.29, 1.82) is 0 Å². The van der Waals surface area contributed by atoms with Gasteiger partial charge in [-0.2, -0.15) is 0 Å². The van der Waals surface area contributed by atoms with E-state index >= 15 is 0 Å². The van der Waals surface area contributed by atoms with Gasteiger partial charge in [0.1, 0.15) is 0 Å². The molecular weight excluding hydrogens is 304 g/mol. The zero-order chi connectivity index (χ0) is 17.7. The molecule has 4 heteroatoms. The topological polar surface area (TPSA) is 44.8 Å². The third-order valence-corrected chi connectivity index (χ3v) is 3.99. The maximum atomic E-state index is 11.1. The van der Waals surface area contributed by atoms with Crippen LogP contribution in [0.1, 0.15) is 90.9 Å². The van der Waals surface area contributed by atoms with E-state index in [1.807, 2.05) is 6.92 Å². The Hall–Kier alpha value is -0.610. The average Bonchev–Trinajstić information content (AvgIpc) is 2.58. The van der Waals surface area contributed by atoms with E-state index in [1.165, 1.54) is 57.8 Å². The summed E-state index contributed by atoms with van der Waals surface area (Å²) in [6, 6.07) is 0. The van der Waals surface area contributed by atoms with Crippen molar-refractivity contribution in [3.63, 3.8) is 0 Å². The largest absolute Gasteiger partial charge is 0.466 e. The van der Waals surface area contributed by atoms with E-state index in [1.54, 1.807) is 0 Å². The Balaban J connectivity index is 3.01. The molecule has 0 aliphatic rings. The molecule has 4 nitrogen and oxygen atoms in total. The Morgan fingerprint density at radius 2 is 1.12 bits per heavy atom. The van der Waals surface area contributed by atoms with Crippen molar-refractivity contribution in [2.24, 2.45) is 0 Å². The first kappa shape index (κ1) is 23.4. The minimum atomic E-state index is -0.140. The highest BCUT2D eigenvalue weighted by atomic mass is 16.5.